The molecule has 22 heavy (non-hydrogen) atoms. The van der Waals surface area contributed by atoms with Gasteiger partial charge < -0.3 is 5.73 Å². The van der Waals surface area contributed by atoms with E-state index >= 15 is 0 Å². The average Bonchev–Trinajstić information content (AvgIpc) is 2.48. The molecule has 7 heteroatoms. The van der Waals surface area contributed by atoms with Crippen molar-refractivity contribution in [2.45, 2.75) is 16.6 Å². The van der Waals surface area contributed by atoms with Gasteiger partial charge in [0.2, 0.25) is 15.9 Å². The van der Waals surface area contributed by atoms with Crippen LogP contribution in [0.15, 0.2) is 54.1 Å². The molecule has 1 aliphatic carbocycles. The van der Waals surface area contributed by atoms with E-state index < -0.39 is 26.0 Å². The lowest BCUT2D eigenvalue weighted by Crippen LogP contribution is -2.40. The van der Waals surface area contributed by atoms with Crippen LogP contribution in [0.2, 0.25) is 0 Å². The molecular weight excluding hydrogens is 368 g/mol. The van der Waals surface area contributed by atoms with Gasteiger partial charge in [-0.3, -0.25) is 4.79 Å². The van der Waals surface area contributed by atoms with Gasteiger partial charge in [0.1, 0.15) is 5.25 Å². The Morgan fingerprint density at radius 3 is 2.55 bits per heavy atom. The summed E-state index contributed by atoms with van der Waals surface area (Å²) in [6.07, 6.45) is 4.56. The second-order valence-corrected chi connectivity index (χ2v) is 8.30. The summed E-state index contributed by atoms with van der Waals surface area (Å²) >= 11 is 3.33. The van der Waals surface area contributed by atoms with E-state index in [2.05, 4.69) is 15.9 Å². The third-order valence-electron chi connectivity index (χ3n) is 3.43. The maximum absolute atomic E-state index is 12.7. The van der Waals surface area contributed by atoms with Gasteiger partial charge >= 0.3 is 0 Å². The number of amides is 1. The second kappa shape index (κ2) is 6.76. The third kappa shape index (κ3) is 3.66. The summed E-state index contributed by atoms with van der Waals surface area (Å²) < 4.78 is 26.8. The Morgan fingerprint density at radius 2 is 1.95 bits per heavy atom. The fourth-order valence-corrected chi connectivity index (χ4v) is 4.79. The number of carbonyl (C=O) groups is 1. The van der Waals surface area contributed by atoms with Crippen LogP contribution in [0.25, 0.3) is 0 Å². The molecule has 0 bridgehead atoms. The van der Waals surface area contributed by atoms with Crippen molar-refractivity contribution in [3.05, 3.63) is 59.7 Å². The van der Waals surface area contributed by atoms with E-state index in [-0.39, 0.29) is 12.1 Å². The first-order chi connectivity index (χ1) is 10.3. The number of alkyl halides is 1. The van der Waals surface area contributed by atoms with Crippen LogP contribution in [0.3, 0.4) is 0 Å². The molecule has 0 aromatic heterocycles. The lowest BCUT2D eigenvalue weighted by molar-refractivity contribution is -0.114. The summed E-state index contributed by atoms with van der Waals surface area (Å²) in [4.78, 5) is 10.9. The molecular formula is C15H17BrN2O3S. The lowest BCUT2D eigenvalue weighted by Gasteiger charge is -2.26. The topological polar surface area (TPSA) is 80.5 Å². The fourth-order valence-electron chi connectivity index (χ4n) is 2.18. The number of rotatable bonds is 5. The maximum atomic E-state index is 12.7. The van der Waals surface area contributed by atoms with Gasteiger partial charge in [-0.2, -0.15) is 0 Å². The molecule has 5 nitrogen and oxygen atoms in total. The monoisotopic (exact) mass is 384 g/mol. The molecule has 0 fully saturated rings. The number of halogens is 1. The normalized spacial score (nSPS) is 21.7. The molecule has 0 heterocycles. The molecule has 0 aliphatic heterocycles. The van der Waals surface area contributed by atoms with Crippen LogP contribution < -0.4 is 5.73 Å². The van der Waals surface area contributed by atoms with Crippen molar-refractivity contribution in [1.29, 1.82) is 0 Å². The predicted octanol–water partition coefficient (Wildman–Crippen LogP) is 1.56. The zero-order valence-electron chi connectivity index (χ0n) is 12.0. The van der Waals surface area contributed by atoms with Crippen molar-refractivity contribution >= 4 is 31.9 Å². The van der Waals surface area contributed by atoms with E-state index in [1.165, 1.54) is 23.5 Å². The van der Waals surface area contributed by atoms with Crippen LogP contribution in [0.4, 0.5) is 0 Å². The molecule has 0 saturated carbocycles. The largest absolute Gasteiger partial charge is 0.366 e. The minimum atomic E-state index is -3.62. The zero-order valence-corrected chi connectivity index (χ0v) is 14.4. The van der Waals surface area contributed by atoms with Gasteiger partial charge in [0, 0.05) is 19.2 Å². The van der Waals surface area contributed by atoms with Crippen molar-refractivity contribution < 1.29 is 13.2 Å². The zero-order chi connectivity index (χ0) is 16.3. The highest BCUT2D eigenvalue weighted by Crippen LogP contribution is 2.26. The number of nitrogens with two attached hydrogens (primary N) is 1. The number of benzene rings is 1. The van der Waals surface area contributed by atoms with Crippen molar-refractivity contribution in [3.8, 4) is 0 Å². The molecule has 2 rings (SSSR count). The smallest absolute Gasteiger partial charge is 0.248 e. The van der Waals surface area contributed by atoms with Crippen molar-refractivity contribution in [2.75, 3.05) is 7.05 Å². The molecule has 1 aromatic rings. The summed E-state index contributed by atoms with van der Waals surface area (Å²) in [5.74, 6) is -0.637. The van der Waals surface area contributed by atoms with Gasteiger partial charge in [-0.05, 0) is 5.56 Å². The number of sulfonamides is 1. The van der Waals surface area contributed by atoms with Gasteiger partial charge in [0.15, 0.2) is 0 Å². The SMILES string of the molecule is CN(Cc1ccccc1)S(=O)(=O)C1C=C(C(N)=O)C=CC1Br. The standard InChI is InChI=1S/C15H17BrN2O3S/c1-18(10-11-5-3-2-4-6-11)22(20,21)14-9-12(15(17)19)7-8-13(14)16/h2-9,13-14H,10H2,1H3,(H2,17,19). The van der Waals surface area contributed by atoms with Gasteiger partial charge in [-0.1, -0.05) is 64.5 Å². The van der Waals surface area contributed by atoms with E-state index in [0.29, 0.717) is 0 Å². The molecule has 2 N–H and O–H groups in total. The first-order valence-electron chi connectivity index (χ1n) is 6.65. The number of hydrogen-bond acceptors (Lipinski definition) is 3. The number of nitrogens with zero attached hydrogens (tertiary/aromatic N) is 1. The molecule has 1 aliphatic rings. The summed E-state index contributed by atoms with van der Waals surface area (Å²) in [6.45, 7) is 0.267. The van der Waals surface area contributed by atoms with Crippen LogP contribution >= 0.6 is 15.9 Å². The lowest BCUT2D eigenvalue weighted by atomic mass is 10.1. The fraction of sp³-hybridized carbons (Fsp3) is 0.267. The number of allylic oxidation sites excluding steroid dienone is 1. The predicted molar refractivity (Wildman–Crippen MR) is 89.7 cm³/mol. The van der Waals surface area contributed by atoms with Crippen molar-refractivity contribution in [2.24, 2.45) is 5.73 Å². The Bertz CT molecular complexity index is 714. The van der Waals surface area contributed by atoms with Crippen LogP contribution in [-0.4, -0.2) is 35.8 Å². The highest BCUT2D eigenvalue weighted by molar-refractivity contribution is 9.09. The number of hydrogen-bond donors (Lipinski definition) is 1. The van der Waals surface area contributed by atoms with Gasteiger partial charge in [-0.25, -0.2) is 12.7 Å². The summed E-state index contributed by atoms with van der Waals surface area (Å²) in [5, 5.41) is -0.867. The minimum Gasteiger partial charge on any atom is -0.366 e. The highest BCUT2D eigenvalue weighted by Gasteiger charge is 2.35. The van der Waals surface area contributed by atoms with E-state index in [1.54, 1.807) is 6.08 Å². The molecule has 0 spiro atoms. The van der Waals surface area contributed by atoms with Crippen LogP contribution in [-0.2, 0) is 21.4 Å². The Hall–Kier alpha value is -1.44. The van der Waals surface area contributed by atoms with Crippen LogP contribution in [0.5, 0.6) is 0 Å². The Kier molecular flexibility index (Phi) is 5.20. The van der Waals surface area contributed by atoms with Gasteiger partial charge in [0.25, 0.3) is 0 Å². The summed E-state index contributed by atoms with van der Waals surface area (Å²) in [7, 11) is -2.10. The Labute approximate surface area is 138 Å². The van der Waals surface area contributed by atoms with Crippen molar-refractivity contribution in [1.82, 2.24) is 4.31 Å². The van der Waals surface area contributed by atoms with Crippen molar-refractivity contribution in [3.63, 3.8) is 0 Å². The number of carbonyl (C=O) groups excluding carboxylic acids is 1. The van der Waals surface area contributed by atoms with E-state index in [4.69, 9.17) is 5.73 Å². The van der Waals surface area contributed by atoms with Gasteiger partial charge in [0.05, 0.1) is 4.83 Å². The van der Waals surface area contributed by atoms with Crippen LogP contribution in [0, 0.1) is 0 Å². The molecule has 1 amide bonds. The first-order valence-corrected chi connectivity index (χ1v) is 9.07. The van der Waals surface area contributed by atoms with Crippen LogP contribution in [0.1, 0.15) is 5.56 Å². The van der Waals surface area contributed by atoms with E-state index in [0.717, 1.165) is 5.56 Å². The maximum Gasteiger partial charge on any atom is 0.248 e. The minimum absolute atomic E-state index is 0.206. The van der Waals surface area contributed by atoms with E-state index in [9.17, 15) is 13.2 Å². The summed E-state index contributed by atoms with van der Waals surface area (Å²) in [6, 6.07) is 9.32. The molecule has 2 unspecified atom stereocenters. The Balaban J connectivity index is 2.25. The molecule has 118 valence electrons. The molecule has 1 aromatic carbocycles. The summed E-state index contributed by atoms with van der Waals surface area (Å²) in [5.41, 5.74) is 6.34. The Morgan fingerprint density at radius 1 is 1.32 bits per heavy atom. The van der Waals surface area contributed by atoms with E-state index in [1.807, 2.05) is 30.3 Å². The second-order valence-electron chi connectivity index (χ2n) is 5.04. The van der Waals surface area contributed by atoms with Gasteiger partial charge in [-0.15, -0.1) is 0 Å². The quantitative estimate of drug-likeness (QED) is 0.782. The number of primary amides is 1. The molecule has 0 saturated heterocycles. The average molecular weight is 385 g/mol. The molecule has 0 radical (unpaired) electrons. The first kappa shape index (κ1) is 16.9. The molecule has 2 atom stereocenters. The highest BCUT2D eigenvalue weighted by atomic mass is 79.9. The third-order valence-corrected chi connectivity index (χ3v) is 6.77.